The van der Waals surface area contributed by atoms with Crippen LogP contribution < -0.4 is 21.3 Å². The van der Waals surface area contributed by atoms with Crippen molar-refractivity contribution in [3.8, 4) is 5.75 Å². The fraction of sp³-hybridized carbons (Fsp3) is 0.294. The molecule has 2 rings (SSSR count). The third-order valence-electron chi connectivity index (χ3n) is 3.82. The average Bonchev–Trinajstić information content (AvgIpc) is 2.62. The zero-order valence-corrected chi connectivity index (χ0v) is 14.4. The van der Waals surface area contributed by atoms with Crippen molar-refractivity contribution in [2.45, 2.75) is 13.0 Å². The summed E-state index contributed by atoms with van der Waals surface area (Å²) in [6.45, 7) is 0.0736. The highest BCUT2D eigenvalue weighted by molar-refractivity contribution is 5.88. The zero-order chi connectivity index (χ0) is 19.3. The van der Waals surface area contributed by atoms with E-state index in [9.17, 15) is 19.2 Å². The Morgan fingerprint density at radius 1 is 1.23 bits per heavy atom. The van der Waals surface area contributed by atoms with Crippen LogP contribution in [0.3, 0.4) is 0 Å². The molecule has 0 radical (unpaired) electrons. The number of carboxylic acid groups (broad SMARTS) is 1. The molecule has 0 aliphatic rings. The predicted octanol–water partition coefficient (Wildman–Crippen LogP) is -0.387. The number of nitrogens with one attached hydrogen (secondary N) is 1. The molecule has 0 fully saturated rings. The number of amides is 1. The van der Waals surface area contributed by atoms with Crippen LogP contribution in [0.2, 0.25) is 0 Å². The van der Waals surface area contributed by atoms with Crippen molar-refractivity contribution in [2.24, 2.45) is 7.05 Å². The maximum Gasteiger partial charge on any atom is 0.335 e. The quantitative estimate of drug-likeness (QED) is 0.693. The summed E-state index contributed by atoms with van der Waals surface area (Å²) in [5, 5.41) is 11.7. The normalized spacial score (nSPS) is 10.4. The minimum absolute atomic E-state index is 0.115. The van der Waals surface area contributed by atoms with Crippen LogP contribution in [0.25, 0.3) is 0 Å². The van der Waals surface area contributed by atoms with Gasteiger partial charge in [0.1, 0.15) is 12.3 Å². The number of aromatic carboxylic acids is 1. The van der Waals surface area contributed by atoms with E-state index in [0.717, 1.165) is 14.7 Å². The largest absolute Gasteiger partial charge is 0.496 e. The predicted molar refractivity (Wildman–Crippen MR) is 92.6 cm³/mol. The SMILES string of the molecule is COc1cc(C(=O)O)ccc1CCNC(=O)Cn1ccc(=O)n(C)c1=O. The van der Waals surface area contributed by atoms with Crippen molar-refractivity contribution in [2.75, 3.05) is 13.7 Å². The molecule has 0 saturated heterocycles. The van der Waals surface area contributed by atoms with Gasteiger partial charge in [-0.2, -0.15) is 0 Å². The Labute approximate surface area is 148 Å². The van der Waals surface area contributed by atoms with Crippen molar-refractivity contribution >= 4 is 11.9 Å². The van der Waals surface area contributed by atoms with Crippen LogP contribution in [0.15, 0.2) is 40.1 Å². The molecular weight excluding hydrogens is 342 g/mol. The summed E-state index contributed by atoms with van der Waals surface area (Å²) >= 11 is 0. The Balaban J connectivity index is 1.97. The van der Waals surface area contributed by atoms with Gasteiger partial charge in [-0.25, -0.2) is 9.59 Å². The number of carbonyl (C=O) groups is 2. The van der Waals surface area contributed by atoms with Crippen LogP contribution in [0.1, 0.15) is 15.9 Å². The molecule has 0 bridgehead atoms. The van der Waals surface area contributed by atoms with E-state index in [1.165, 1.54) is 38.6 Å². The van der Waals surface area contributed by atoms with Crippen LogP contribution >= 0.6 is 0 Å². The van der Waals surface area contributed by atoms with E-state index in [1.807, 2.05) is 0 Å². The summed E-state index contributed by atoms with van der Waals surface area (Å²) in [5.74, 6) is -1.01. The second kappa shape index (κ2) is 8.15. The molecule has 9 nitrogen and oxygen atoms in total. The van der Waals surface area contributed by atoms with E-state index in [-0.39, 0.29) is 24.6 Å². The van der Waals surface area contributed by atoms with Gasteiger partial charge in [-0.15, -0.1) is 0 Å². The molecule has 0 aliphatic carbocycles. The fourth-order valence-electron chi connectivity index (χ4n) is 2.37. The molecule has 0 saturated carbocycles. The number of hydrogen-bond acceptors (Lipinski definition) is 5. The Morgan fingerprint density at radius 3 is 2.62 bits per heavy atom. The molecule has 1 aromatic carbocycles. The van der Waals surface area contributed by atoms with Gasteiger partial charge in [-0.05, 0) is 24.1 Å². The van der Waals surface area contributed by atoms with Crippen LogP contribution in [0.4, 0.5) is 0 Å². The van der Waals surface area contributed by atoms with Gasteiger partial charge in [-0.3, -0.25) is 18.7 Å². The van der Waals surface area contributed by atoms with Gasteiger partial charge < -0.3 is 15.2 Å². The maximum absolute atomic E-state index is 12.0. The number of benzene rings is 1. The van der Waals surface area contributed by atoms with Gasteiger partial charge in [0.25, 0.3) is 5.56 Å². The Hall–Kier alpha value is -3.36. The average molecular weight is 361 g/mol. The summed E-state index contributed by atoms with van der Waals surface area (Å²) in [6, 6.07) is 5.73. The molecule has 1 aromatic heterocycles. The first kappa shape index (κ1) is 19.0. The number of rotatable bonds is 7. The zero-order valence-electron chi connectivity index (χ0n) is 14.4. The van der Waals surface area contributed by atoms with Crippen LogP contribution in [-0.2, 0) is 24.8 Å². The summed E-state index contributed by atoms with van der Waals surface area (Å²) in [7, 11) is 2.78. The lowest BCUT2D eigenvalue weighted by Gasteiger charge is -2.11. The lowest BCUT2D eigenvalue weighted by Crippen LogP contribution is -2.40. The lowest BCUT2D eigenvalue weighted by atomic mass is 10.1. The molecule has 2 aromatic rings. The topological polar surface area (TPSA) is 120 Å². The first-order chi connectivity index (χ1) is 12.3. The van der Waals surface area contributed by atoms with E-state index in [4.69, 9.17) is 9.84 Å². The molecule has 26 heavy (non-hydrogen) atoms. The second-order valence-corrected chi connectivity index (χ2v) is 5.56. The molecule has 0 unspecified atom stereocenters. The molecule has 138 valence electrons. The monoisotopic (exact) mass is 361 g/mol. The molecule has 1 heterocycles. The fourth-order valence-corrected chi connectivity index (χ4v) is 2.37. The Kier molecular flexibility index (Phi) is 5.94. The third kappa shape index (κ3) is 4.38. The van der Waals surface area contributed by atoms with Gasteiger partial charge in [0, 0.05) is 25.9 Å². The van der Waals surface area contributed by atoms with Crippen LogP contribution in [0, 0.1) is 0 Å². The number of ether oxygens (including phenoxy) is 1. The number of carboxylic acids is 1. The minimum Gasteiger partial charge on any atom is -0.496 e. The molecule has 0 atom stereocenters. The summed E-state index contributed by atoms with van der Waals surface area (Å²) in [6.07, 6.45) is 1.70. The van der Waals surface area contributed by atoms with Crippen molar-refractivity contribution in [1.29, 1.82) is 0 Å². The van der Waals surface area contributed by atoms with Crippen molar-refractivity contribution in [1.82, 2.24) is 14.5 Å². The number of nitrogens with zero attached hydrogens (tertiary/aromatic N) is 2. The number of methoxy groups -OCH3 is 1. The van der Waals surface area contributed by atoms with Gasteiger partial charge in [-0.1, -0.05) is 6.07 Å². The van der Waals surface area contributed by atoms with E-state index < -0.39 is 17.2 Å². The van der Waals surface area contributed by atoms with Gasteiger partial charge >= 0.3 is 11.7 Å². The molecule has 0 aliphatic heterocycles. The molecule has 0 spiro atoms. The number of hydrogen-bond donors (Lipinski definition) is 2. The van der Waals surface area contributed by atoms with Gasteiger partial charge in [0.05, 0.1) is 12.7 Å². The first-order valence-electron chi connectivity index (χ1n) is 7.77. The number of aromatic nitrogens is 2. The standard InChI is InChI=1S/C17H19N3O6/c1-19-15(22)6-8-20(17(19)25)10-14(21)18-7-5-11-3-4-12(16(23)24)9-13(11)26-2/h3-4,6,8-9H,5,7,10H2,1-2H3,(H,18,21)(H,23,24). The first-order valence-corrected chi connectivity index (χ1v) is 7.77. The Morgan fingerprint density at radius 2 is 1.96 bits per heavy atom. The van der Waals surface area contributed by atoms with Crippen LogP contribution in [0.5, 0.6) is 5.75 Å². The lowest BCUT2D eigenvalue weighted by molar-refractivity contribution is -0.121. The smallest absolute Gasteiger partial charge is 0.335 e. The van der Waals surface area contributed by atoms with Gasteiger partial charge in [0.2, 0.25) is 5.91 Å². The van der Waals surface area contributed by atoms with E-state index in [0.29, 0.717) is 12.2 Å². The molecule has 9 heteroatoms. The van der Waals surface area contributed by atoms with Crippen LogP contribution in [-0.4, -0.2) is 39.8 Å². The highest BCUT2D eigenvalue weighted by atomic mass is 16.5. The highest BCUT2D eigenvalue weighted by Crippen LogP contribution is 2.20. The third-order valence-corrected chi connectivity index (χ3v) is 3.82. The van der Waals surface area contributed by atoms with E-state index in [2.05, 4.69) is 5.32 Å². The molecule has 2 N–H and O–H groups in total. The second-order valence-electron chi connectivity index (χ2n) is 5.56. The van der Waals surface area contributed by atoms with E-state index >= 15 is 0 Å². The maximum atomic E-state index is 12.0. The number of carbonyl (C=O) groups excluding carboxylic acids is 1. The van der Waals surface area contributed by atoms with E-state index in [1.54, 1.807) is 6.07 Å². The van der Waals surface area contributed by atoms with Gasteiger partial charge in [0.15, 0.2) is 0 Å². The molecule has 1 amide bonds. The Bertz CT molecular complexity index is 944. The van der Waals surface area contributed by atoms with Crippen molar-refractivity contribution in [3.63, 3.8) is 0 Å². The summed E-state index contributed by atoms with van der Waals surface area (Å²) in [5.41, 5.74) is -0.150. The molecular formula is C17H19N3O6. The van der Waals surface area contributed by atoms with Crippen molar-refractivity contribution in [3.05, 3.63) is 62.4 Å². The van der Waals surface area contributed by atoms with Crippen molar-refractivity contribution < 1.29 is 19.4 Å². The summed E-state index contributed by atoms with van der Waals surface area (Å²) < 4.78 is 7.23. The highest BCUT2D eigenvalue weighted by Gasteiger charge is 2.10. The minimum atomic E-state index is -1.05. The summed E-state index contributed by atoms with van der Waals surface area (Å²) in [4.78, 5) is 46.2.